The number of fused-ring (bicyclic) bond motifs is 1. The third kappa shape index (κ3) is 2.77. The molecule has 1 aliphatic rings. The molecule has 1 N–H and O–H groups in total. The first-order valence-electron chi connectivity index (χ1n) is 6.37. The zero-order chi connectivity index (χ0) is 15.7. The number of nitro groups is 1. The molecule has 1 aromatic carbocycles. The zero-order valence-corrected chi connectivity index (χ0v) is 12.7. The van der Waals surface area contributed by atoms with Crippen LogP contribution in [0.5, 0.6) is 0 Å². The molecule has 3 rings (SSSR count). The van der Waals surface area contributed by atoms with Gasteiger partial charge in [0.1, 0.15) is 5.56 Å². The summed E-state index contributed by atoms with van der Waals surface area (Å²) < 4.78 is 1.78. The van der Waals surface area contributed by atoms with Crippen molar-refractivity contribution in [2.45, 2.75) is 18.1 Å². The second-order valence-corrected chi connectivity index (χ2v) is 6.03. The third-order valence-corrected chi connectivity index (χ3v) is 4.39. The molecule has 0 radical (unpaired) electrons. The topological polar surface area (TPSA) is 103 Å². The van der Waals surface area contributed by atoms with Gasteiger partial charge in [-0.15, -0.1) is 10.2 Å². The van der Waals surface area contributed by atoms with Gasteiger partial charge in [0.15, 0.2) is 5.16 Å². The number of nitrogens with zero attached hydrogens (tertiary/aromatic N) is 4. The first-order valence-corrected chi connectivity index (χ1v) is 7.74. The number of benzene rings is 1. The summed E-state index contributed by atoms with van der Waals surface area (Å²) in [6.45, 7) is 0.697. The Bertz CT molecular complexity index is 763. The molecule has 0 fully saturated rings. The van der Waals surface area contributed by atoms with Gasteiger partial charge in [-0.25, -0.2) is 0 Å². The Morgan fingerprint density at radius 2 is 2.27 bits per heavy atom. The average molecular weight is 340 g/mol. The van der Waals surface area contributed by atoms with Gasteiger partial charge in [0.2, 0.25) is 5.95 Å². The Kier molecular flexibility index (Phi) is 3.99. The van der Waals surface area contributed by atoms with E-state index in [0.717, 1.165) is 17.3 Å². The van der Waals surface area contributed by atoms with E-state index in [1.54, 1.807) is 16.3 Å². The second-order valence-electron chi connectivity index (χ2n) is 4.53. The highest BCUT2D eigenvalue weighted by Crippen LogP contribution is 2.27. The van der Waals surface area contributed by atoms with Crippen LogP contribution >= 0.6 is 23.4 Å². The molecule has 0 atom stereocenters. The maximum Gasteiger partial charge on any atom is 0.282 e. The number of nitrogens with one attached hydrogen (secondary N) is 1. The van der Waals surface area contributed by atoms with Crippen LogP contribution in [0.3, 0.4) is 0 Å². The fourth-order valence-corrected chi connectivity index (χ4v) is 3.15. The number of thioether (sulfide) groups is 1. The van der Waals surface area contributed by atoms with Crippen molar-refractivity contribution >= 4 is 40.9 Å². The summed E-state index contributed by atoms with van der Waals surface area (Å²) in [4.78, 5) is 22.7. The van der Waals surface area contributed by atoms with Crippen molar-refractivity contribution < 1.29 is 9.72 Å². The normalized spacial score (nSPS) is 13.5. The molecule has 2 aromatic rings. The van der Waals surface area contributed by atoms with Crippen molar-refractivity contribution in [1.82, 2.24) is 14.8 Å². The fraction of sp³-hybridized carbons (Fsp3) is 0.250. The van der Waals surface area contributed by atoms with E-state index in [4.69, 9.17) is 11.6 Å². The number of nitro benzene ring substituents is 1. The zero-order valence-electron chi connectivity index (χ0n) is 11.2. The Balaban J connectivity index is 1.91. The highest BCUT2D eigenvalue weighted by molar-refractivity contribution is 7.99. The highest BCUT2D eigenvalue weighted by atomic mass is 35.5. The van der Waals surface area contributed by atoms with Gasteiger partial charge in [-0.3, -0.25) is 24.8 Å². The van der Waals surface area contributed by atoms with Crippen LogP contribution in [0, 0.1) is 10.1 Å². The van der Waals surface area contributed by atoms with E-state index in [-0.39, 0.29) is 22.2 Å². The molecule has 0 bridgehead atoms. The van der Waals surface area contributed by atoms with Gasteiger partial charge in [-0.2, -0.15) is 0 Å². The molecule has 0 spiro atoms. The largest absolute Gasteiger partial charge is 0.290 e. The van der Waals surface area contributed by atoms with Crippen molar-refractivity contribution in [2.75, 3.05) is 11.1 Å². The fourth-order valence-electron chi connectivity index (χ4n) is 2.09. The van der Waals surface area contributed by atoms with E-state index < -0.39 is 10.8 Å². The third-order valence-electron chi connectivity index (χ3n) is 3.10. The van der Waals surface area contributed by atoms with Crippen molar-refractivity contribution in [3.05, 3.63) is 38.9 Å². The minimum absolute atomic E-state index is 0.113. The summed E-state index contributed by atoms with van der Waals surface area (Å²) in [6.07, 6.45) is 0.940. The molecule has 114 valence electrons. The van der Waals surface area contributed by atoms with Crippen molar-refractivity contribution in [3.63, 3.8) is 0 Å². The number of aromatic nitrogens is 3. The summed E-state index contributed by atoms with van der Waals surface area (Å²) in [5, 5.41) is 22.4. The van der Waals surface area contributed by atoms with E-state index >= 15 is 0 Å². The van der Waals surface area contributed by atoms with Crippen molar-refractivity contribution in [1.29, 1.82) is 0 Å². The van der Waals surface area contributed by atoms with Gasteiger partial charge in [-0.05, 0) is 18.6 Å². The van der Waals surface area contributed by atoms with Gasteiger partial charge >= 0.3 is 0 Å². The minimum Gasteiger partial charge on any atom is -0.290 e. The molecule has 0 saturated heterocycles. The van der Waals surface area contributed by atoms with Gasteiger partial charge in [0.05, 0.1) is 4.92 Å². The predicted molar refractivity (Wildman–Crippen MR) is 81.4 cm³/mol. The lowest BCUT2D eigenvalue weighted by atomic mass is 10.1. The summed E-state index contributed by atoms with van der Waals surface area (Å²) in [5.41, 5.74) is -0.423. The molecular weight excluding hydrogens is 330 g/mol. The monoisotopic (exact) mass is 339 g/mol. The van der Waals surface area contributed by atoms with Gasteiger partial charge < -0.3 is 0 Å². The predicted octanol–water partition coefficient (Wildman–Crippen LogP) is 2.59. The van der Waals surface area contributed by atoms with Crippen LogP contribution in [0.1, 0.15) is 16.8 Å². The number of carbonyl (C=O) groups excluding carboxylic acids is 1. The molecule has 22 heavy (non-hydrogen) atoms. The van der Waals surface area contributed by atoms with Gasteiger partial charge in [0, 0.05) is 23.4 Å². The van der Waals surface area contributed by atoms with E-state index in [1.807, 2.05) is 0 Å². The van der Waals surface area contributed by atoms with E-state index in [2.05, 4.69) is 15.5 Å². The Morgan fingerprint density at radius 1 is 1.45 bits per heavy atom. The van der Waals surface area contributed by atoms with Gasteiger partial charge in [0.25, 0.3) is 11.6 Å². The Morgan fingerprint density at radius 3 is 3.05 bits per heavy atom. The minimum atomic E-state index is -0.639. The maximum atomic E-state index is 12.3. The number of anilines is 1. The van der Waals surface area contributed by atoms with E-state index in [9.17, 15) is 14.9 Å². The van der Waals surface area contributed by atoms with Crippen LogP contribution in [-0.2, 0) is 6.54 Å². The summed E-state index contributed by atoms with van der Waals surface area (Å²) >= 11 is 7.38. The number of carbonyl (C=O) groups is 1. The molecule has 0 aliphatic carbocycles. The molecule has 0 unspecified atom stereocenters. The molecule has 0 saturated carbocycles. The standard InChI is InChI=1S/C12H10ClN5O3S/c13-7-2-3-9(18(20)21)8(6-7)10(19)14-11-15-16-12-17(11)4-1-5-22-12/h2-3,6H,1,4-5H2,(H,14,15,19). The first-order chi connectivity index (χ1) is 10.6. The number of halogens is 1. The molecule has 2 heterocycles. The van der Waals surface area contributed by atoms with Gasteiger partial charge in [-0.1, -0.05) is 23.4 Å². The van der Waals surface area contributed by atoms with Crippen LogP contribution < -0.4 is 5.32 Å². The second kappa shape index (κ2) is 5.93. The molecule has 1 amide bonds. The quantitative estimate of drug-likeness (QED) is 0.681. The Labute approximate surface area is 134 Å². The van der Waals surface area contributed by atoms with Crippen molar-refractivity contribution in [3.8, 4) is 0 Å². The lowest BCUT2D eigenvalue weighted by Crippen LogP contribution is -2.18. The number of amides is 1. The summed E-state index contributed by atoms with van der Waals surface area (Å²) in [5.74, 6) is 0.590. The number of rotatable bonds is 3. The van der Waals surface area contributed by atoms with Crippen LogP contribution in [0.2, 0.25) is 5.02 Å². The molecule has 1 aromatic heterocycles. The Hall–Kier alpha value is -2.13. The summed E-state index contributed by atoms with van der Waals surface area (Å²) in [7, 11) is 0. The summed E-state index contributed by atoms with van der Waals surface area (Å²) in [6, 6.07) is 3.83. The van der Waals surface area contributed by atoms with Crippen molar-refractivity contribution in [2.24, 2.45) is 0 Å². The van der Waals surface area contributed by atoms with Crippen LogP contribution in [0.4, 0.5) is 11.6 Å². The SMILES string of the molecule is O=C(Nc1nnc2n1CCCS2)c1cc(Cl)ccc1[N+](=O)[O-]. The van der Waals surface area contributed by atoms with Crippen LogP contribution in [-0.4, -0.2) is 31.3 Å². The molecule has 10 heteroatoms. The molecule has 8 nitrogen and oxygen atoms in total. The number of hydrogen-bond donors (Lipinski definition) is 1. The average Bonchev–Trinajstić information content (AvgIpc) is 2.90. The van der Waals surface area contributed by atoms with Crippen LogP contribution in [0.15, 0.2) is 23.4 Å². The smallest absolute Gasteiger partial charge is 0.282 e. The first kappa shape index (κ1) is 14.8. The lowest BCUT2D eigenvalue weighted by Gasteiger charge is -2.14. The lowest BCUT2D eigenvalue weighted by molar-refractivity contribution is -0.385. The molecular formula is C12H10ClN5O3S. The van der Waals surface area contributed by atoms with E-state index in [1.165, 1.54) is 18.2 Å². The molecule has 1 aliphatic heterocycles. The number of hydrogen-bond acceptors (Lipinski definition) is 6. The highest BCUT2D eigenvalue weighted by Gasteiger charge is 2.23. The van der Waals surface area contributed by atoms with Crippen LogP contribution in [0.25, 0.3) is 0 Å². The van der Waals surface area contributed by atoms with E-state index in [0.29, 0.717) is 6.54 Å². The maximum absolute atomic E-state index is 12.3.